The third kappa shape index (κ3) is 7.94. The third-order valence-corrected chi connectivity index (χ3v) is 8.37. The van der Waals surface area contributed by atoms with Crippen LogP contribution < -0.4 is 23.8 Å². The molecule has 0 aliphatic carbocycles. The average Bonchev–Trinajstić information content (AvgIpc) is 3.00. The molecule has 0 fully saturated rings. The molecule has 0 heterocycles. The van der Waals surface area contributed by atoms with Crippen LogP contribution in [0.25, 0.3) is 0 Å². The highest BCUT2D eigenvalue weighted by molar-refractivity contribution is 7.92. The van der Waals surface area contributed by atoms with E-state index in [4.69, 9.17) is 14.2 Å². The number of benzene rings is 3. The first-order valence-corrected chi connectivity index (χ1v) is 15.0. The van der Waals surface area contributed by atoms with Crippen LogP contribution in [-0.4, -0.2) is 65.6 Å². The van der Waals surface area contributed by atoms with Crippen LogP contribution in [0, 0.1) is 5.92 Å². The highest BCUT2D eigenvalue weighted by Gasteiger charge is 2.33. The minimum atomic E-state index is -4.26. The normalized spacial score (nSPS) is 11.9. The van der Waals surface area contributed by atoms with Crippen LogP contribution in [0.2, 0.25) is 0 Å². The zero-order valence-corrected chi connectivity index (χ0v) is 25.7. The molecule has 3 aromatic rings. The van der Waals surface area contributed by atoms with Gasteiger partial charge in [-0.3, -0.25) is 13.9 Å². The largest absolute Gasteiger partial charge is 0.497 e. The number of hydrogen-bond acceptors (Lipinski definition) is 7. The van der Waals surface area contributed by atoms with E-state index >= 15 is 0 Å². The maximum Gasteiger partial charge on any atom is 0.264 e. The highest BCUT2D eigenvalue weighted by atomic mass is 32.2. The molecule has 0 bridgehead atoms. The quantitative estimate of drug-likeness (QED) is 0.298. The van der Waals surface area contributed by atoms with Crippen molar-refractivity contribution in [2.24, 2.45) is 5.92 Å². The minimum Gasteiger partial charge on any atom is -0.497 e. The Labute approximate surface area is 248 Å². The van der Waals surface area contributed by atoms with Crippen LogP contribution in [0.15, 0.2) is 77.7 Å². The van der Waals surface area contributed by atoms with Gasteiger partial charge in [-0.25, -0.2) is 8.42 Å². The number of nitrogens with zero attached hydrogens (tertiary/aromatic N) is 2. The molecule has 42 heavy (non-hydrogen) atoms. The van der Waals surface area contributed by atoms with Crippen LogP contribution >= 0.6 is 0 Å². The molecule has 3 rings (SSSR count). The molecule has 226 valence electrons. The number of amides is 2. The van der Waals surface area contributed by atoms with Gasteiger partial charge in [-0.2, -0.15) is 0 Å². The van der Waals surface area contributed by atoms with E-state index in [1.165, 1.54) is 37.3 Å². The van der Waals surface area contributed by atoms with E-state index in [2.05, 4.69) is 5.32 Å². The standard InChI is InChI=1S/C31H39N3O7S/c1-22(2)19-32-31(36)23(3)33(20-24-11-10-14-26(17-24)39-4)30(35)21-34(25-12-8-7-9-13-25)42(37,38)27-15-16-28(40-5)29(18-27)41-6/h7-18,22-23H,19-21H2,1-6H3,(H,32,36). The van der Waals surface area contributed by atoms with Crippen molar-refractivity contribution in [2.75, 3.05) is 38.7 Å². The van der Waals surface area contributed by atoms with Gasteiger partial charge >= 0.3 is 0 Å². The smallest absolute Gasteiger partial charge is 0.264 e. The molecule has 0 saturated heterocycles. The molecule has 2 amide bonds. The number of rotatable bonds is 14. The Morgan fingerprint density at radius 2 is 1.52 bits per heavy atom. The van der Waals surface area contributed by atoms with Crippen LogP contribution in [0.3, 0.4) is 0 Å². The van der Waals surface area contributed by atoms with Gasteiger partial charge in [0.05, 0.1) is 31.9 Å². The van der Waals surface area contributed by atoms with E-state index in [-0.39, 0.29) is 29.0 Å². The first-order chi connectivity index (χ1) is 20.0. The lowest BCUT2D eigenvalue weighted by molar-refractivity contribution is -0.139. The SMILES string of the molecule is COc1cccc(CN(C(=O)CN(c2ccccc2)S(=O)(=O)c2ccc(OC)c(OC)c2)C(C)C(=O)NCC(C)C)c1. The van der Waals surface area contributed by atoms with Crippen molar-refractivity contribution in [3.05, 3.63) is 78.4 Å². The van der Waals surface area contributed by atoms with Crippen LogP contribution in [0.5, 0.6) is 17.2 Å². The Balaban J connectivity index is 2.03. The molecule has 11 heteroatoms. The third-order valence-electron chi connectivity index (χ3n) is 6.60. The second-order valence-electron chi connectivity index (χ2n) is 10.1. The Morgan fingerprint density at radius 3 is 2.14 bits per heavy atom. The van der Waals surface area contributed by atoms with E-state index in [0.717, 1.165) is 9.87 Å². The molecule has 1 atom stereocenters. The number of carbonyl (C=O) groups excluding carboxylic acids is 2. The number of hydrogen-bond donors (Lipinski definition) is 1. The Morgan fingerprint density at radius 1 is 0.833 bits per heavy atom. The van der Waals surface area contributed by atoms with Crippen LogP contribution in [0.1, 0.15) is 26.3 Å². The molecular formula is C31H39N3O7S. The van der Waals surface area contributed by atoms with Crippen molar-refractivity contribution in [1.29, 1.82) is 0 Å². The number of carbonyl (C=O) groups is 2. The summed E-state index contributed by atoms with van der Waals surface area (Å²) in [5, 5.41) is 2.87. The topological polar surface area (TPSA) is 114 Å². The lowest BCUT2D eigenvalue weighted by Gasteiger charge is -2.32. The monoisotopic (exact) mass is 597 g/mol. The minimum absolute atomic E-state index is 0.0608. The summed E-state index contributed by atoms with van der Waals surface area (Å²) in [5.41, 5.74) is 1.01. The van der Waals surface area contributed by atoms with Gasteiger partial charge in [0.2, 0.25) is 11.8 Å². The van der Waals surface area contributed by atoms with E-state index in [0.29, 0.717) is 23.7 Å². The summed E-state index contributed by atoms with van der Waals surface area (Å²) in [6, 6.07) is 18.9. The summed E-state index contributed by atoms with van der Waals surface area (Å²) in [6.45, 7) is 5.52. The van der Waals surface area contributed by atoms with Crippen molar-refractivity contribution in [2.45, 2.75) is 38.3 Å². The summed E-state index contributed by atoms with van der Waals surface area (Å²) >= 11 is 0. The predicted octanol–water partition coefficient (Wildman–Crippen LogP) is 4.10. The van der Waals surface area contributed by atoms with Gasteiger partial charge in [-0.1, -0.05) is 44.2 Å². The second kappa shape index (κ2) is 14.6. The molecule has 1 unspecified atom stereocenters. The average molecular weight is 598 g/mol. The van der Waals surface area contributed by atoms with E-state index < -0.39 is 28.5 Å². The maximum atomic E-state index is 14.0. The van der Waals surface area contributed by atoms with E-state index in [1.807, 2.05) is 19.9 Å². The van der Waals surface area contributed by atoms with E-state index in [1.54, 1.807) is 62.6 Å². The van der Waals surface area contributed by atoms with Crippen molar-refractivity contribution in [3.63, 3.8) is 0 Å². The van der Waals surface area contributed by atoms with Gasteiger partial charge in [-0.15, -0.1) is 0 Å². The molecule has 0 radical (unpaired) electrons. The number of anilines is 1. The molecule has 0 spiro atoms. The molecule has 0 aromatic heterocycles. The summed E-state index contributed by atoms with van der Waals surface area (Å²) in [4.78, 5) is 28.5. The van der Waals surface area contributed by atoms with Crippen molar-refractivity contribution >= 4 is 27.5 Å². The van der Waals surface area contributed by atoms with Gasteiger partial charge in [-0.05, 0) is 54.8 Å². The van der Waals surface area contributed by atoms with Gasteiger partial charge in [0.25, 0.3) is 10.0 Å². The molecule has 0 aliphatic heterocycles. The molecular weight excluding hydrogens is 558 g/mol. The number of sulfonamides is 1. The maximum absolute atomic E-state index is 14.0. The number of ether oxygens (including phenoxy) is 3. The van der Waals surface area contributed by atoms with Crippen molar-refractivity contribution < 1.29 is 32.2 Å². The number of nitrogens with one attached hydrogen (secondary N) is 1. The highest BCUT2D eigenvalue weighted by Crippen LogP contribution is 2.32. The van der Waals surface area contributed by atoms with Gasteiger partial charge in [0, 0.05) is 19.2 Å². The first kappa shape index (κ1) is 32.3. The first-order valence-electron chi connectivity index (χ1n) is 13.5. The van der Waals surface area contributed by atoms with Gasteiger partial charge in [0.15, 0.2) is 11.5 Å². The number of para-hydroxylation sites is 1. The fraction of sp³-hybridized carbons (Fsp3) is 0.355. The van der Waals surface area contributed by atoms with Crippen molar-refractivity contribution in [3.8, 4) is 17.2 Å². The summed E-state index contributed by atoms with van der Waals surface area (Å²) in [5.74, 6) is 0.506. The van der Waals surface area contributed by atoms with Crippen molar-refractivity contribution in [1.82, 2.24) is 10.2 Å². The molecule has 0 saturated carbocycles. The van der Waals surface area contributed by atoms with Gasteiger partial charge < -0.3 is 24.4 Å². The Kier molecular flexibility index (Phi) is 11.2. The lowest BCUT2D eigenvalue weighted by atomic mass is 10.1. The van der Waals surface area contributed by atoms with Gasteiger partial charge in [0.1, 0.15) is 18.3 Å². The lowest BCUT2D eigenvalue weighted by Crippen LogP contribution is -2.51. The molecule has 3 aromatic carbocycles. The zero-order chi connectivity index (χ0) is 30.9. The summed E-state index contributed by atoms with van der Waals surface area (Å²) in [6.07, 6.45) is 0. The molecule has 1 N–H and O–H groups in total. The number of methoxy groups -OCH3 is 3. The Bertz CT molecular complexity index is 1460. The fourth-order valence-corrected chi connectivity index (χ4v) is 5.66. The van der Waals surface area contributed by atoms with E-state index in [9.17, 15) is 18.0 Å². The zero-order valence-electron chi connectivity index (χ0n) is 24.9. The van der Waals surface area contributed by atoms with Crippen LogP contribution in [-0.2, 0) is 26.2 Å². The van der Waals surface area contributed by atoms with Crippen LogP contribution in [0.4, 0.5) is 5.69 Å². The Hall–Kier alpha value is -4.25. The summed E-state index contributed by atoms with van der Waals surface area (Å²) in [7, 11) is 0.147. The molecule has 10 nitrogen and oxygen atoms in total. The summed E-state index contributed by atoms with van der Waals surface area (Å²) < 4.78 is 45.0. The predicted molar refractivity (Wildman–Crippen MR) is 161 cm³/mol. The second-order valence-corrected chi connectivity index (χ2v) is 11.9. The fourth-order valence-electron chi connectivity index (χ4n) is 4.23. The molecule has 0 aliphatic rings.